The summed E-state index contributed by atoms with van der Waals surface area (Å²) in [5, 5.41) is 14.9. The molecule has 0 atom stereocenters. The van der Waals surface area contributed by atoms with Crippen LogP contribution in [-0.2, 0) is 0 Å². The summed E-state index contributed by atoms with van der Waals surface area (Å²) < 4.78 is 12.1. The van der Waals surface area contributed by atoms with E-state index in [0.717, 1.165) is 12.8 Å². The molecule has 0 spiro atoms. The Hall–Kier alpha value is -3.43. The number of anilines is 1. The zero-order chi connectivity index (χ0) is 19.5. The Balaban J connectivity index is 1.40. The molecule has 1 saturated heterocycles. The minimum atomic E-state index is -0.0127. The normalized spacial score (nSPS) is 14.9. The van der Waals surface area contributed by atoms with E-state index in [0.29, 0.717) is 41.6 Å². The average Bonchev–Trinajstić information content (AvgIpc) is 3.23. The van der Waals surface area contributed by atoms with Gasteiger partial charge in [0.25, 0.3) is 5.91 Å². The Morgan fingerprint density at radius 3 is 2.71 bits per heavy atom. The first-order chi connectivity index (χ1) is 13.7. The molecule has 3 heterocycles. The molecule has 1 N–H and O–H groups in total. The molecule has 2 aromatic heterocycles. The van der Waals surface area contributed by atoms with Gasteiger partial charge in [0.15, 0.2) is 17.3 Å². The summed E-state index contributed by atoms with van der Waals surface area (Å²) in [6.45, 7) is 1.30. The molecule has 0 saturated carbocycles. The highest BCUT2D eigenvalue weighted by molar-refractivity contribution is 5.95. The van der Waals surface area contributed by atoms with Crippen molar-refractivity contribution >= 4 is 17.4 Å². The van der Waals surface area contributed by atoms with Crippen molar-refractivity contribution in [3.8, 4) is 11.5 Å². The fourth-order valence-electron chi connectivity index (χ4n) is 3.35. The number of tetrazole rings is 1. The van der Waals surface area contributed by atoms with Crippen LogP contribution in [-0.4, -0.2) is 69.2 Å². The second-order valence-corrected chi connectivity index (χ2v) is 6.50. The number of carbonyl (C=O) groups is 1. The summed E-state index contributed by atoms with van der Waals surface area (Å²) in [7, 11) is 3.13. The lowest BCUT2D eigenvalue weighted by Crippen LogP contribution is -2.42. The molecule has 1 fully saturated rings. The summed E-state index contributed by atoms with van der Waals surface area (Å²) in [5.74, 6) is 1.79. The zero-order valence-corrected chi connectivity index (χ0v) is 15.7. The van der Waals surface area contributed by atoms with E-state index in [1.54, 1.807) is 49.3 Å². The molecule has 10 nitrogen and oxygen atoms in total. The summed E-state index contributed by atoms with van der Waals surface area (Å²) in [4.78, 5) is 19.0. The van der Waals surface area contributed by atoms with Crippen molar-refractivity contribution in [1.29, 1.82) is 0 Å². The van der Waals surface area contributed by atoms with Crippen LogP contribution in [0.1, 0.15) is 23.2 Å². The van der Waals surface area contributed by atoms with Gasteiger partial charge in [-0.2, -0.15) is 4.52 Å². The van der Waals surface area contributed by atoms with Gasteiger partial charge in [-0.25, -0.2) is 4.98 Å². The SMILES string of the molecule is COc1ccc(C(=O)N2CCC(Nc3nccn4nnnc34)CC2)cc1OC. The third kappa shape index (κ3) is 3.40. The molecule has 1 aliphatic rings. The lowest BCUT2D eigenvalue weighted by atomic mass is 10.0. The Kier molecular flexibility index (Phi) is 4.92. The maximum atomic E-state index is 12.8. The maximum Gasteiger partial charge on any atom is 0.253 e. The third-order valence-corrected chi connectivity index (χ3v) is 4.87. The molecule has 0 radical (unpaired) electrons. The first kappa shape index (κ1) is 18.0. The molecule has 0 bridgehead atoms. The first-order valence-corrected chi connectivity index (χ1v) is 9.00. The summed E-state index contributed by atoms with van der Waals surface area (Å²) >= 11 is 0. The van der Waals surface area contributed by atoms with Gasteiger partial charge in [0, 0.05) is 30.9 Å². The second-order valence-electron chi connectivity index (χ2n) is 6.50. The molecule has 0 unspecified atom stereocenters. The van der Waals surface area contributed by atoms with Crippen molar-refractivity contribution < 1.29 is 14.3 Å². The number of likely N-dealkylation sites (tertiary alicyclic amines) is 1. The number of ether oxygens (including phenoxy) is 2. The van der Waals surface area contributed by atoms with Crippen molar-refractivity contribution in [2.45, 2.75) is 18.9 Å². The van der Waals surface area contributed by atoms with E-state index in [1.807, 2.05) is 4.90 Å². The van der Waals surface area contributed by atoms with Gasteiger partial charge in [-0.05, 0) is 41.5 Å². The fourth-order valence-corrected chi connectivity index (χ4v) is 3.35. The number of fused-ring (bicyclic) bond motifs is 1. The monoisotopic (exact) mass is 383 g/mol. The Labute approximate surface area is 161 Å². The Morgan fingerprint density at radius 2 is 1.96 bits per heavy atom. The van der Waals surface area contributed by atoms with E-state index in [1.165, 1.54) is 0 Å². The largest absolute Gasteiger partial charge is 0.493 e. The van der Waals surface area contributed by atoms with E-state index < -0.39 is 0 Å². The molecule has 1 aliphatic heterocycles. The number of aromatic nitrogens is 5. The van der Waals surface area contributed by atoms with Crippen molar-refractivity contribution in [1.82, 2.24) is 29.9 Å². The number of carbonyl (C=O) groups excluding carboxylic acids is 1. The number of piperidine rings is 1. The number of nitrogens with one attached hydrogen (secondary N) is 1. The van der Waals surface area contributed by atoms with Gasteiger partial charge in [0.1, 0.15) is 0 Å². The molecule has 146 valence electrons. The molecular weight excluding hydrogens is 362 g/mol. The number of rotatable bonds is 5. The number of methoxy groups -OCH3 is 2. The van der Waals surface area contributed by atoms with Gasteiger partial charge < -0.3 is 19.7 Å². The van der Waals surface area contributed by atoms with Crippen molar-refractivity contribution in [3.05, 3.63) is 36.2 Å². The minimum absolute atomic E-state index is 0.0127. The van der Waals surface area contributed by atoms with E-state index in [-0.39, 0.29) is 11.9 Å². The number of amides is 1. The van der Waals surface area contributed by atoms with Gasteiger partial charge in [-0.15, -0.1) is 5.10 Å². The highest BCUT2D eigenvalue weighted by Crippen LogP contribution is 2.28. The topological polar surface area (TPSA) is 107 Å². The quantitative estimate of drug-likeness (QED) is 0.702. The van der Waals surface area contributed by atoms with Crippen molar-refractivity contribution in [2.24, 2.45) is 0 Å². The number of hydrogen-bond acceptors (Lipinski definition) is 8. The van der Waals surface area contributed by atoms with Crippen molar-refractivity contribution in [3.63, 3.8) is 0 Å². The molecule has 10 heteroatoms. The molecule has 1 amide bonds. The fraction of sp³-hybridized carbons (Fsp3) is 0.389. The van der Waals surface area contributed by atoms with E-state index in [2.05, 4.69) is 25.8 Å². The summed E-state index contributed by atoms with van der Waals surface area (Å²) in [5.41, 5.74) is 1.18. The first-order valence-electron chi connectivity index (χ1n) is 9.00. The van der Waals surface area contributed by atoms with E-state index in [4.69, 9.17) is 9.47 Å². The highest BCUT2D eigenvalue weighted by Gasteiger charge is 2.25. The van der Waals surface area contributed by atoms with Crippen LogP contribution in [0.2, 0.25) is 0 Å². The highest BCUT2D eigenvalue weighted by atomic mass is 16.5. The van der Waals surface area contributed by atoms with Gasteiger partial charge >= 0.3 is 0 Å². The van der Waals surface area contributed by atoms with Crippen molar-refractivity contribution in [2.75, 3.05) is 32.6 Å². The zero-order valence-electron chi connectivity index (χ0n) is 15.7. The lowest BCUT2D eigenvalue weighted by molar-refractivity contribution is 0.0718. The van der Waals surface area contributed by atoms with Crippen LogP contribution in [0.5, 0.6) is 11.5 Å². The molecular formula is C18H21N7O3. The van der Waals surface area contributed by atoms with Gasteiger partial charge in [-0.1, -0.05) is 0 Å². The Bertz CT molecular complexity index is 982. The predicted molar refractivity (Wildman–Crippen MR) is 101 cm³/mol. The number of nitrogens with zero attached hydrogens (tertiary/aromatic N) is 6. The maximum absolute atomic E-state index is 12.8. The van der Waals surface area contributed by atoms with Crippen LogP contribution < -0.4 is 14.8 Å². The third-order valence-electron chi connectivity index (χ3n) is 4.87. The predicted octanol–water partition coefficient (Wildman–Crippen LogP) is 1.25. The van der Waals surface area contributed by atoms with E-state index in [9.17, 15) is 4.79 Å². The lowest BCUT2D eigenvalue weighted by Gasteiger charge is -2.32. The summed E-state index contributed by atoms with van der Waals surface area (Å²) in [6, 6.07) is 5.43. The standard InChI is InChI=1S/C18H21N7O3/c1-27-14-4-3-12(11-15(14)28-2)18(26)24-8-5-13(6-9-24)20-16-17-21-22-23-25(17)10-7-19-16/h3-4,7,10-11,13H,5-6,8-9H2,1-2H3,(H,19,20). The Morgan fingerprint density at radius 1 is 1.18 bits per heavy atom. The molecule has 4 rings (SSSR count). The van der Waals surface area contributed by atoms with Gasteiger partial charge in [0.2, 0.25) is 5.65 Å². The molecule has 28 heavy (non-hydrogen) atoms. The van der Waals surface area contributed by atoms with Crippen LogP contribution in [0.3, 0.4) is 0 Å². The average molecular weight is 383 g/mol. The molecule has 1 aromatic carbocycles. The van der Waals surface area contributed by atoms with Crippen LogP contribution in [0.15, 0.2) is 30.6 Å². The molecule has 3 aromatic rings. The van der Waals surface area contributed by atoms with Crippen LogP contribution in [0.25, 0.3) is 5.65 Å². The number of hydrogen-bond donors (Lipinski definition) is 1. The molecule has 0 aliphatic carbocycles. The smallest absolute Gasteiger partial charge is 0.253 e. The minimum Gasteiger partial charge on any atom is -0.493 e. The summed E-state index contributed by atoms with van der Waals surface area (Å²) in [6.07, 6.45) is 4.97. The van der Waals surface area contributed by atoms with Gasteiger partial charge in [0.05, 0.1) is 20.4 Å². The second kappa shape index (κ2) is 7.67. The van der Waals surface area contributed by atoms with Crippen LogP contribution in [0, 0.1) is 0 Å². The van der Waals surface area contributed by atoms with E-state index >= 15 is 0 Å². The van der Waals surface area contributed by atoms with Gasteiger partial charge in [-0.3, -0.25) is 4.79 Å². The van der Waals surface area contributed by atoms with Crippen LogP contribution in [0.4, 0.5) is 5.82 Å². The van der Waals surface area contributed by atoms with Crippen LogP contribution >= 0.6 is 0 Å². The number of benzene rings is 1.